The van der Waals surface area contributed by atoms with E-state index < -0.39 is 0 Å². The third-order valence-electron chi connectivity index (χ3n) is 5.29. The highest BCUT2D eigenvalue weighted by molar-refractivity contribution is 9.10. The summed E-state index contributed by atoms with van der Waals surface area (Å²) in [5.74, 6) is -0.669. The molecule has 33 heavy (non-hydrogen) atoms. The van der Waals surface area contributed by atoms with Gasteiger partial charge in [-0.3, -0.25) is 9.59 Å². The van der Waals surface area contributed by atoms with Crippen LogP contribution >= 0.6 is 39.3 Å². The molecule has 8 heteroatoms. The molecule has 2 heterocycles. The summed E-state index contributed by atoms with van der Waals surface area (Å²) < 4.78 is 16.2. The third kappa shape index (κ3) is 4.36. The Morgan fingerprint density at radius 1 is 1.03 bits per heavy atom. The number of carbonyl (C=O) groups excluding carboxylic acids is 2. The number of anilines is 1. The Morgan fingerprint density at radius 3 is 2.58 bits per heavy atom. The number of halogens is 3. The molecule has 0 spiro atoms. The minimum Gasteiger partial charge on any atom is -0.342 e. The number of rotatable bonds is 4. The Morgan fingerprint density at radius 2 is 1.82 bits per heavy atom. The quantitative estimate of drug-likeness (QED) is 0.251. The zero-order valence-corrected chi connectivity index (χ0v) is 20.1. The average Bonchev–Trinajstić information content (AvgIpc) is 3.25. The van der Waals surface area contributed by atoms with Crippen LogP contribution in [0, 0.1) is 5.82 Å². The molecule has 4 aromatic rings. The van der Waals surface area contributed by atoms with Gasteiger partial charge in [-0.25, -0.2) is 9.29 Å². The van der Waals surface area contributed by atoms with Crippen LogP contribution in [0.25, 0.3) is 17.0 Å². The number of fused-ring (bicyclic) bond motifs is 1. The van der Waals surface area contributed by atoms with Gasteiger partial charge in [0, 0.05) is 38.7 Å². The second kappa shape index (κ2) is 8.82. The Labute approximate surface area is 206 Å². The summed E-state index contributed by atoms with van der Waals surface area (Å²) in [5, 5.41) is 1.01. The zero-order valence-electron chi connectivity index (χ0n) is 17.0. The highest BCUT2D eigenvalue weighted by Crippen LogP contribution is 2.38. The van der Waals surface area contributed by atoms with Gasteiger partial charge in [0.15, 0.2) is 0 Å². The molecule has 4 nitrogen and oxygen atoms in total. The van der Waals surface area contributed by atoms with Crippen molar-refractivity contribution >= 4 is 73.1 Å². The summed E-state index contributed by atoms with van der Waals surface area (Å²) in [4.78, 5) is 27.2. The molecule has 0 radical (unpaired) electrons. The van der Waals surface area contributed by atoms with E-state index in [-0.39, 0.29) is 17.0 Å². The second-order valence-electron chi connectivity index (χ2n) is 7.50. The van der Waals surface area contributed by atoms with Crippen molar-refractivity contribution in [3.63, 3.8) is 0 Å². The van der Waals surface area contributed by atoms with E-state index in [0.29, 0.717) is 22.2 Å². The highest BCUT2D eigenvalue weighted by atomic mass is 79.9. The molecule has 0 unspecified atom stereocenters. The molecule has 1 saturated heterocycles. The molecule has 0 N–H and O–H groups in total. The van der Waals surface area contributed by atoms with Gasteiger partial charge in [0.2, 0.25) is 0 Å². The first-order valence-corrected chi connectivity index (χ1v) is 11.9. The first kappa shape index (κ1) is 21.9. The first-order valence-electron chi connectivity index (χ1n) is 9.95. The fourth-order valence-electron chi connectivity index (χ4n) is 3.78. The molecule has 1 fully saturated rings. The smallest absolute Gasteiger partial charge is 0.298 e. The van der Waals surface area contributed by atoms with Gasteiger partial charge < -0.3 is 4.57 Å². The normalized spacial score (nSPS) is 15.2. The fraction of sp³-hybridized carbons (Fsp3) is 0.0400. The summed E-state index contributed by atoms with van der Waals surface area (Å²) in [7, 11) is 0. The van der Waals surface area contributed by atoms with Gasteiger partial charge in [-0.15, -0.1) is 0 Å². The van der Waals surface area contributed by atoms with E-state index in [2.05, 4.69) is 15.9 Å². The van der Waals surface area contributed by atoms with Crippen molar-refractivity contribution in [1.82, 2.24) is 4.57 Å². The largest absolute Gasteiger partial charge is 0.342 e. The van der Waals surface area contributed by atoms with E-state index in [4.69, 9.17) is 11.6 Å². The predicted molar refractivity (Wildman–Crippen MR) is 135 cm³/mol. The van der Waals surface area contributed by atoms with E-state index in [0.717, 1.165) is 43.2 Å². The van der Waals surface area contributed by atoms with E-state index in [1.54, 1.807) is 42.5 Å². The highest BCUT2D eigenvalue weighted by Gasteiger charge is 2.36. The molecule has 1 aliphatic rings. The topological polar surface area (TPSA) is 42.3 Å². The minimum atomic E-state index is -0.387. The molecule has 5 rings (SSSR count). The number of thioether (sulfide) groups is 1. The van der Waals surface area contributed by atoms with Crippen LogP contribution in [0.4, 0.5) is 14.9 Å². The number of hydrogen-bond donors (Lipinski definition) is 0. The lowest BCUT2D eigenvalue weighted by Gasteiger charge is -2.12. The molecule has 0 bridgehead atoms. The Kier molecular flexibility index (Phi) is 5.86. The maximum atomic E-state index is 13.3. The molecule has 0 saturated carbocycles. The number of nitrogens with zero attached hydrogens (tertiary/aromatic N) is 2. The van der Waals surface area contributed by atoms with Gasteiger partial charge in [-0.1, -0.05) is 45.7 Å². The number of benzene rings is 3. The van der Waals surface area contributed by atoms with Gasteiger partial charge in [0.05, 0.1) is 10.6 Å². The van der Waals surface area contributed by atoms with Crippen molar-refractivity contribution in [2.24, 2.45) is 0 Å². The van der Waals surface area contributed by atoms with Crippen molar-refractivity contribution in [3.8, 4) is 0 Å². The van der Waals surface area contributed by atoms with Crippen molar-refractivity contribution in [2.45, 2.75) is 6.54 Å². The van der Waals surface area contributed by atoms with Crippen molar-refractivity contribution in [3.05, 3.63) is 104 Å². The van der Waals surface area contributed by atoms with Gasteiger partial charge >= 0.3 is 0 Å². The number of amides is 2. The van der Waals surface area contributed by atoms with Crippen LogP contribution in [0.2, 0.25) is 5.02 Å². The van der Waals surface area contributed by atoms with E-state index in [1.807, 2.05) is 29.0 Å². The van der Waals surface area contributed by atoms with Crippen LogP contribution in [-0.2, 0) is 11.3 Å². The lowest BCUT2D eigenvalue weighted by atomic mass is 10.1. The summed E-state index contributed by atoms with van der Waals surface area (Å²) >= 11 is 10.5. The number of carbonyl (C=O) groups is 2. The summed E-state index contributed by atoms with van der Waals surface area (Å²) in [6, 6.07) is 18.9. The Hall–Kier alpha value is -2.87. The number of aromatic nitrogens is 1. The van der Waals surface area contributed by atoms with Crippen molar-refractivity contribution in [1.29, 1.82) is 0 Å². The lowest BCUT2D eigenvalue weighted by Crippen LogP contribution is -2.27. The van der Waals surface area contributed by atoms with Crippen molar-refractivity contribution < 1.29 is 14.0 Å². The summed E-state index contributed by atoms with van der Waals surface area (Å²) in [6.45, 7) is 0.538. The maximum absolute atomic E-state index is 13.3. The molecule has 3 aromatic carbocycles. The second-order valence-corrected chi connectivity index (χ2v) is 9.84. The van der Waals surface area contributed by atoms with Crippen LogP contribution in [0.5, 0.6) is 0 Å². The van der Waals surface area contributed by atoms with E-state index in [9.17, 15) is 14.0 Å². The van der Waals surface area contributed by atoms with Crippen molar-refractivity contribution in [2.75, 3.05) is 4.90 Å². The van der Waals surface area contributed by atoms with Crippen LogP contribution in [0.1, 0.15) is 11.1 Å². The van der Waals surface area contributed by atoms with Gasteiger partial charge in [-0.2, -0.15) is 0 Å². The molecule has 1 aliphatic heterocycles. The lowest BCUT2D eigenvalue weighted by molar-refractivity contribution is -0.113. The number of imide groups is 1. The molecule has 164 valence electrons. The van der Waals surface area contributed by atoms with E-state index >= 15 is 0 Å². The van der Waals surface area contributed by atoms with Gasteiger partial charge in [0.1, 0.15) is 5.82 Å². The molecular formula is C25H15BrClFN2O2S. The monoisotopic (exact) mass is 540 g/mol. The molecular weight excluding hydrogens is 527 g/mol. The Balaban J connectivity index is 1.54. The van der Waals surface area contributed by atoms with Crippen LogP contribution in [-0.4, -0.2) is 15.7 Å². The third-order valence-corrected chi connectivity index (χ3v) is 6.88. The minimum absolute atomic E-state index is 0.281. The van der Waals surface area contributed by atoms with Gasteiger partial charge in [0.25, 0.3) is 11.1 Å². The molecule has 0 aliphatic carbocycles. The maximum Gasteiger partial charge on any atom is 0.298 e. The van der Waals surface area contributed by atoms with Crippen LogP contribution in [0.15, 0.2) is 82.3 Å². The SMILES string of the molecule is O=C1S/C(=C\c2cn(Cc3ccc(F)cc3)c3ccc(Br)cc23)C(=O)N1c1cccc(Cl)c1. The molecule has 1 aromatic heterocycles. The summed E-state index contributed by atoms with van der Waals surface area (Å²) in [5.41, 5.74) is 3.16. The summed E-state index contributed by atoms with van der Waals surface area (Å²) in [6.07, 6.45) is 3.68. The Bertz CT molecular complexity index is 1450. The van der Waals surface area contributed by atoms with Gasteiger partial charge in [-0.05, 0) is 71.9 Å². The first-order chi connectivity index (χ1) is 15.9. The average molecular weight is 542 g/mol. The standard InChI is InChI=1S/C25H15BrClFN2O2S/c26-17-6-9-22-21(11-17)16(14-29(22)13-15-4-7-19(28)8-5-15)10-23-24(31)30(25(32)33-23)20-3-1-2-18(27)12-20/h1-12,14H,13H2/b23-10-. The van der Waals surface area contributed by atoms with Crippen LogP contribution in [0.3, 0.4) is 0 Å². The predicted octanol–water partition coefficient (Wildman–Crippen LogP) is 7.49. The van der Waals surface area contributed by atoms with E-state index in [1.165, 1.54) is 12.1 Å². The zero-order chi connectivity index (χ0) is 23.1. The molecule has 0 atom stereocenters. The van der Waals surface area contributed by atoms with Crippen LogP contribution < -0.4 is 4.90 Å². The fourth-order valence-corrected chi connectivity index (χ4v) is 5.15. The number of hydrogen-bond acceptors (Lipinski definition) is 3. The molecule has 2 amide bonds.